The smallest absolute Gasteiger partial charge is 0.137 e. The maximum Gasteiger partial charge on any atom is 0.137 e. The third kappa shape index (κ3) is 2.24. The number of methoxy groups -OCH3 is 1. The normalized spacial score (nSPS) is 24.3. The molecule has 1 fully saturated rings. The summed E-state index contributed by atoms with van der Waals surface area (Å²) >= 11 is 1.64. The Morgan fingerprint density at radius 1 is 1.17 bits per heavy atom. The lowest BCUT2D eigenvalue weighted by Gasteiger charge is -2.39. The zero-order valence-electron chi connectivity index (χ0n) is 13.2. The van der Waals surface area contributed by atoms with Crippen LogP contribution in [0.25, 0.3) is 11.8 Å². The van der Waals surface area contributed by atoms with Gasteiger partial charge < -0.3 is 15.2 Å². The molecule has 1 atom stereocenters. The molecule has 23 heavy (non-hydrogen) atoms. The number of piperidine rings is 1. The van der Waals surface area contributed by atoms with Crippen LogP contribution in [-0.4, -0.2) is 25.3 Å². The van der Waals surface area contributed by atoms with Crippen molar-refractivity contribution in [2.45, 2.75) is 18.4 Å². The van der Waals surface area contributed by atoms with E-state index < -0.39 is 5.60 Å². The summed E-state index contributed by atoms with van der Waals surface area (Å²) in [6.07, 6.45) is 4.01. The molecule has 0 radical (unpaired) electrons. The molecule has 3 nitrogen and oxygen atoms in total. The van der Waals surface area contributed by atoms with Gasteiger partial charge in [0.2, 0.25) is 0 Å². The molecule has 2 N–H and O–H groups in total. The van der Waals surface area contributed by atoms with Crippen molar-refractivity contribution in [2.24, 2.45) is 5.92 Å². The number of nitrogens with one attached hydrogen (secondary N) is 1. The van der Waals surface area contributed by atoms with Crippen LogP contribution in [0.4, 0.5) is 0 Å². The van der Waals surface area contributed by atoms with Crippen molar-refractivity contribution >= 4 is 23.2 Å². The molecule has 1 aliphatic carbocycles. The van der Waals surface area contributed by atoms with Crippen LogP contribution < -0.4 is 5.32 Å². The summed E-state index contributed by atoms with van der Waals surface area (Å²) in [7, 11) is 1.70. The molecule has 1 unspecified atom stereocenters. The molecule has 1 aromatic carbocycles. The predicted molar refractivity (Wildman–Crippen MR) is 94.2 cm³/mol. The number of hydrogen-bond donors (Lipinski definition) is 2. The van der Waals surface area contributed by atoms with E-state index in [0.29, 0.717) is 0 Å². The van der Waals surface area contributed by atoms with Gasteiger partial charge >= 0.3 is 0 Å². The van der Waals surface area contributed by atoms with E-state index in [0.717, 1.165) is 53.3 Å². The Hall–Kier alpha value is -1.62. The van der Waals surface area contributed by atoms with Gasteiger partial charge in [0, 0.05) is 5.56 Å². The summed E-state index contributed by atoms with van der Waals surface area (Å²) in [6, 6.07) is 10.2. The molecule has 1 saturated heterocycles. The average Bonchev–Trinajstić information content (AvgIpc) is 3.07. The zero-order chi connectivity index (χ0) is 15.9. The minimum absolute atomic E-state index is 0.211. The van der Waals surface area contributed by atoms with Gasteiger partial charge in [-0.1, -0.05) is 24.3 Å². The Labute approximate surface area is 140 Å². The number of thiophene rings is 1. The molecule has 2 aromatic rings. The molecule has 1 aliphatic heterocycles. The van der Waals surface area contributed by atoms with Crippen LogP contribution in [0.5, 0.6) is 0 Å². The fourth-order valence-corrected chi connectivity index (χ4v) is 4.90. The highest BCUT2D eigenvalue weighted by molar-refractivity contribution is 7.11. The Bertz CT molecular complexity index is 745. The van der Waals surface area contributed by atoms with Crippen LogP contribution in [0, 0.1) is 5.92 Å². The molecule has 2 heterocycles. The number of aliphatic hydroxyl groups is 1. The van der Waals surface area contributed by atoms with Crippen LogP contribution in [0.1, 0.15) is 34.4 Å². The Morgan fingerprint density at radius 3 is 2.74 bits per heavy atom. The van der Waals surface area contributed by atoms with Gasteiger partial charge in [0.1, 0.15) is 11.4 Å². The largest absolute Gasteiger partial charge is 0.495 e. The molecule has 2 aliphatic rings. The van der Waals surface area contributed by atoms with E-state index in [1.165, 1.54) is 0 Å². The summed E-state index contributed by atoms with van der Waals surface area (Å²) < 4.78 is 5.64. The first-order valence-corrected chi connectivity index (χ1v) is 8.99. The molecular weight excluding hydrogens is 306 g/mol. The summed E-state index contributed by atoms with van der Waals surface area (Å²) in [4.78, 5) is 1.05. The van der Waals surface area contributed by atoms with Gasteiger partial charge in [0.15, 0.2) is 0 Å². The highest BCUT2D eigenvalue weighted by atomic mass is 32.1. The lowest BCUT2D eigenvalue weighted by molar-refractivity contribution is 0.00242. The summed E-state index contributed by atoms with van der Waals surface area (Å²) in [5, 5.41) is 17.4. The topological polar surface area (TPSA) is 41.5 Å². The Balaban J connectivity index is 1.97. The van der Waals surface area contributed by atoms with E-state index in [-0.39, 0.29) is 5.92 Å². The van der Waals surface area contributed by atoms with Crippen LogP contribution in [0.2, 0.25) is 0 Å². The number of rotatable bonds is 2. The fraction of sp³-hybridized carbons (Fsp3) is 0.368. The fourth-order valence-electron chi connectivity index (χ4n) is 3.95. The van der Waals surface area contributed by atoms with Crippen molar-refractivity contribution in [3.8, 4) is 0 Å². The molecule has 0 bridgehead atoms. The van der Waals surface area contributed by atoms with Crippen molar-refractivity contribution in [2.75, 3.05) is 20.2 Å². The second kappa shape index (κ2) is 5.78. The van der Waals surface area contributed by atoms with Crippen molar-refractivity contribution in [1.82, 2.24) is 5.32 Å². The molecule has 0 spiro atoms. The van der Waals surface area contributed by atoms with E-state index in [1.54, 1.807) is 18.4 Å². The third-order valence-electron chi connectivity index (χ3n) is 5.11. The second-order valence-corrected chi connectivity index (χ2v) is 7.17. The zero-order valence-corrected chi connectivity index (χ0v) is 14.0. The van der Waals surface area contributed by atoms with Gasteiger partial charge in [0.25, 0.3) is 0 Å². The number of hydrogen-bond acceptors (Lipinski definition) is 4. The van der Waals surface area contributed by atoms with Crippen molar-refractivity contribution in [3.63, 3.8) is 0 Å². The van der Waals surface area contributed by atoms with Crippen LogP contribution in [-0.2, 0) is 10.3 Å². The van der Waals surface area contributed by atoms with Gasteiger partial charge in [0.05, 0.1) is 12.0 Å². The molecule has 0 amide bonds. The first kappa shape index (κ1) is 14.9. The summed E-state index contributed by atoms with van der Waals surface area (Å²) in [5.74, 6) is 1.05. The molecule has 1 aromatic heterocycles. The third-order valence-corrected chi connectivity index (χ3v) is 6.04. The van der Waals surface area contributed by atoms with Gasteiger partial charge in [-0.2, -0.15) is 0 Å². The minimum atomic E-state index is -0.954. The van der Waals surface area contributed by atoms with E-state index in [2.05, 4.69) is 35.0 Å². The molecular formula is C19H21NO2S. The monoisotopic (exact) mass is 327 g/mol. The molecule has 0 saturated carbocycles. The highest BCUT2D eigenvalue weighted by Gasteiger charge is 2.45. The number of ether oxygens (including phenoxy) is 1. The van der Waals surface area contributed by atoms with Gasteiger partial charge in [-0.3, -0.25) is 0 Å². The summed E-state index contributed by atoms with van der Waals surface area (Å²) in [5.41, 5.74) is 2.09. The lowest BCUT2D eigenvalue weighted by Crippen LogP contribution is -2.43. The van der Waals surface area contributed by atoms with Crippen molar-refractivity contribution in [3.05, 3.63) is 57.3 Å². The van der Waals surface area contributed by atoms with Crippen LogP contribution in [0.15, 0.2) is 35.7 Å². The maximum absolute atomic E-state index is 12.0. The summed E-state index contributed by atoms with van der Waals surface area (Å²) in [6.45, 7) is 1.92. The van der Waals surface area contributed by atoms with E-state index in [9.17, 15) is 5.11 Å². The average molecular weight is 327 g/mol. The molecule has 120 valence electrons. The first-order chi connectivity index (χ1) is 11.2. The quantitative estimate of drug-likeness (QED) is 0.888. The maximum atomic E-state index is 12.0. The standard InChI is InChI=1S/C19H21NO2S/c1-22-17-12-13-4-2-3-5-15(13)19(21,14-6-9-20-10-7-14)16-8-11-23-18(16)17/h2-5,8,11-12,14,20-21H,6-7,9-10H2,1H3. The van der Waals surface area contributed by atoms with Gasteiger partial charge in [-0.05, 0) is 60.5 Å². The Morgan fingerprint density at radius 2 is 1.96 bits per heavy atom. The van der Waals surface area contributed by atoms with Crippen molar-refractivity contribution < 1.29 is 9.84 Å². The van der Waals surface area contributed by atoms with Crippen LogP contribution in [0.3, 0.4) is 0 Å². The SMILES string of the molecule is COC1=Cc2ccccc2C(O)(C2CCNCC2)c2ccsc21. The first-order valence-electron chi connectivity index (χ1n) is 8.11. The van der Waals surface area contributed by atoms with Gasteiger partial charge in [-0.15, -0.1) is 11.3 Å². The highest BCUT2D eigenvalue weighted by Crippen LogP contribution is 2.49. The van der Waals surface area contributed by atoms with E-state index in [4.69, 9.17) is 4.74 Å². The molecule has 4 heteroatoms. The number of fused-ring (bicyclic) bond motifs is 2. The molecule has 4 rings (SSSR count). The van der Waals surface area contributed by atoms with E-state index in [1.807, 2.05) is 12.1 Å². The van der Waals surface area contributed by atoms with Crippen LogP contribution >= 0.6 is 11.3 Å². The van der Waals surface area contributed by atoms with Gasteiger partial charge in [-0.25, -0.2) is 0 Å². The Kier molecular flexibility index (Phi) is 3.76. The van der Waals surface area contributed by atoms with Crippen molar-refractivity contribution in [1.29, 1.82) is 0 Å². The predicted octanol–water partition coefficient (Wildman–Crippen LogP) is 3.44. The second-order valence-electron chi connectivity index (χ2n) is 6.25. The van der Waals surface area contributed by atoms with E-state index >= 15 is 0 Å². The number of benzene rings is 1. The lowest BCUT2D eigenvalue weighted by atomic mass is 9.71. The minimum Gasteiger partial charge on any atom is -0.495 e.